The van der Waals surface area contributed by atoms with Crippen LogP contribution in [0.25, 0.3) is 11.1 Å². The van der Waals surface area contributed by atoms with Gasteiger partial charge in [-0.3, -0.25) is 10.1 Å². The number of nitro groups is 1. The summed E-state index contributed by atoms with van der Waals surface area (Å²) >= 11 is 0. The quantitative estimate of drug-likeness (QED) is 0.620. The van der Waals surface area contributed by atoms with Crippen molar-refractivity contribution >= 4 is 22.8 Å². The first-order valence-electron chi connectivity index (χ1n) is 5.50. The molecule has 0 radical (unpaired) electrons. The Hall–Kier alpha value is -2.15. The summed E-state index contributed by atoms with van der Waals surface area (Å²) in [6, 6.07) is 4.77. The number of oxazole rings is 1. The smallest absolute Gasteiger partial charge is 0.298 e. The molecule has 1 atom stereocenters. The van der Waals surface area contributed by atoms with Crippen molar-refractivity contribution in [1.82, 2.24) is 4.98 Å². The van der Waals surface area contributed by atoms with Crippen molar-refractivity contribution in [3.8, 4) is 0 Å². The molecule has 7 heteroatoms. The second-order valence-corrected chi connectivity index (χ2v) is 4.07. The molecule has 0 aliphatic heterocycles. The number of rotatable bonds is 5. The summed E-state index contributed by atoms with van der Waals surface area (Å²) < 4.78 is 5.35. The van der Waals surface area contributed by atoms with Crippen LogP contribution in [0.3, 0.4) is 0 Å². The van der Waals surface area contributed by atoms with E-state index in [4.69, 9.17) is 9.52 Å². The van der Waals surface area contributed by atoms with Gasteiger partial charge in [0, 0.05) is 19.2 Å². The van der Waals surface area contributed by atoms with E-state index in [0.717, 1.165) is 0 Å². The molecule has 2 aromatic rings. The molecule has 1 unspecified atom stereocenters. The van der Waals surface area contributed by atoms with Crippen molar-refractivity contribution in [2.75, 3.05) is 18.5 Å². The van der Waals surface area contributed by atoms with Gasteiger partial charge in [-0.05, 0) is 12.0 Å². The topological polar surface area (TPSA) is 101 Å². The molecule has 96 valence electrons. The van der Waals surface area contributed by atoms with Gasteiger partial charge >= 0.3 is 0 Å². The number of anilines is 1. The van der Waals surface area contributed by atoms with Crippen molar-refractivity contribution < 1.29 is 14.4 Å². The minimum Gasteiger partial charge on any atom is -0.423 e. The maximum Gasteiger partial charge on any atom is 0.298 e. The molecule has 0 spiro atoms. The zero-order valence-electron chi connectivity index (χ0n) is 9.79. The van der Waals surface area contributed by atoms with Crippen LogP contribution in [0.1, 0.15) is 6.92 Å². The molecule has 0 saturated heterocycles. The first-order valence-corrected chi connectivity index (χ1v) is 5.50. The Balaban J connectivity index is 2.27. The Kier molecular flexibility index (Phi) is 3.42. The predicted octanol–water partition coefficient (Wildman–Crippen LogP) is 1.78. The number of fused-ring (bicyclic) bond motifs is 1. The summed E-state index contributed by atoms with van der Waals surface area (Å²) in [5.41, 5.74) is 0.504. The van der Waals surface area contributed by atoms with Crippen LogP contribution >= 0.6 is 0 Å². The number of hydrogen-bond donors (Lipinski definition) is 2. The fourth-order valence-corrected chi connectivity index (χ4v) is 1.48. The van der Waals surface area contributed by atoms with E-state index in [-0.39, 0.29) is 29.7 Å². The Morgan fingerprint density at radius 2 is 2.39 bits per heavy atom. The second-order valence-electron chi connectivity index (χ2n) is 4.07. The lowest BCUT2D eigenvalue weighted by molar-refractivity contribution is -0.383. The highest BCUT2D eigenvalue weighted by Crippen LogP contribution is 2.27. The summed E-state index contributed by atoms with van der Waals surface area (Å²) in [6.45, 7) is 2.39. The minimum absolute atomic E-state index is 0.0490. The number of nitrogens with zero attached hydrogens (tertiary/aromatic N) is 2. The summed E-state index contributed by atoms with van der Waals surface area (Å²) in [5, 5.41) is 22.6. The molecule has 0 bridgehead atoms. The predicted molar refractivity (Wildman–Crippen MR) is 65.4 cm³/mol. The molecule has 0 aliphatic carbocycles. The maximum atomic E-state index is 10.8. The van der Waals surface area contributed by atoms with Gasteiger partial charge in [0.05, 0.1) is 4.92 Å². The molecular formula is C11H13N3O4. The third kappa shape index (κ3) is 2.40. The van der Waals surface area contributed by atoms with Gasteiger partial charge in [-0.15, -0.1) is 0 Å². The van der Waals surface area contributed by atoms with E-state index in [1.165, 1.54) is 6.07 Å². The number of benzene rings is 1. The van der Waals surface area contributed by atoms with Crippen LogP contribution in [0, 0.1) is 16.0 Å². The van der Waals surface area contributed by atoms with Gasteiger partial charge in [0.2, 0.25) is 0 Å². The Bertz CT molecular complexity index is 566. The fraction of sp³-hybridized carbons (Fsp3) is 0.364. The summed E-state index contributed by atoms with van der Waals surface area (Å²) in [4.78, 5) is 14.4. The van der Waals surface area contributed by atoms with Crippen LogP contribution in [-0.2, 0) is 0 Å². The largest absolute Gasteiger partial charge is 0.423 e. The van der Waals surface area contributed by atoms with Crippen molar-refractivity contribution in [1.29, 1.82) is 0 Å². The van der Waals surface area contributed by atoms with Gasteiger partial charge in [-0.2, -0.15) is 4.98 Å². The van der Waals surface area contributed by atoms with Crippen LogP contribution in [0.5, 0.6) is 0 Å². The minimum atomic E-state index is -0.495. The maximum absolute atomic E-state index is 10.8. The SMILES string of the molecule is CC(CO)CNc1nc2c([N+](=O)[O-])cccc2o1. The monoisotopic (exact) mass is 251 g/mol. The highest BCUT2D eigenvalue weighted by Gasteiger charge is 2.17. The molecule has 0 fully saturated rings. The van der Waals surface area contributed by atoms with Crippen molar-refractivity contribution in [2.24, 2.45) is 5.92 Å². The van der Waals surface area contributed by atoms with Gasteiger partial charge in [0.25, 0.3) is 11.7 Å². The van der Waals surface area contributed by atoms with Crippen LogP contribution < -0.4 is 5.32 Å². The summed E-state index contributed by atoms with van der Waals surface area (Å²) in [5.74, 6) is 0.0509. The van der Waals surface area contributed by atoms with E-state index in [1.54, 1.807) is 12.1 Å². The lowest BCUT2D eigenvalue weighted by atomic mass is 10.2. The van der Waals surface area contributed by atoms with Gasteiger partial charge in [-0.1, -0.05) is 13.0 Å². The zero-order valence-corrected chi connectivity index (χ0v) is 9.79. The summed E-state index contributed by atoms with van der Waals surface area (Å²) in [6.07, 6.45) is 0. The molecular weight excluding hydrogens is 238 g/mol. The fourth-order valence-electron chi connectivity index (χ4n) is 1.48. The van der Waals surface area contributed by atoms with Crippen molar-refractivity contribution in [2.45, 2.75) is 6.92 Å². The van der Waals surface area contributed by atoms with Crippen LogP contribution in [0.2, 0.25) is 0 Å². The van der Waals surface area contributed by atoms with Gasteiger partial charge in [-0.25, -0.2) is 0 Å². The Morgan fingerprint density at radius 1 is 1.61 bits per heavy atom. The second kappa shape index (κ2) is 5.01. The van der Waals surface area contributed by atoms with E-state index in [0.29, 0.717) is 12.1 Å². The van der Waals surface area contributed by atoms with E-state index >= 15 is 0 Å². The third-order valence-corrected chi connectivity index (χ3v) is 2.51. The average molecular weight is 251 g/mol. The first kappa shape index (κ1) is 12.3. The summed E-state index contributed by atoms with van der Waals surface area (Å²) in [7, 11) is 0. The van der Waals surface area contributed by atoms with Crippen LogP contribution in [0.15, 0.2) is 22.6 Å². The number of aromatic nitrogens is 1. The molecule has 2 rings (SSSR count). The number of non-ortho nitro benzene ring substituents is 1. The molecule has 0 aliphatic rings. The third-order valence-electron chi connectivity index (χ3n) is 2.51. The lowest BCUT2D eigenvalue weighted by Crippen LogP contribution is -2.14. The van der Waals surface area contributed by atoms with Gasteiger partial charge < -0.3 is 14.8 Å². The highest BCUT2D eigenvalue weighted by atomic mass is 16.6. The number of para-hydroxylation sites is 1. The number of hydrogen-bond acceptors (Lipinski definition) is 6. The average Bonchev–Trinajstić information content (AvgIpc) is 2.77. The van der Waals surface area contributed by atoms with E-state index in [1.807, 2.05) is 6.92 Å². The molecule has 0 saturated carbocycles. The molecule has 18 heavy (non-hydrogen) atoms. The number of aliphatic hydroxyl groups is 1. The number of nitrogens with one attached hydrogen (secondary N) is 1. The Morgan fingerprint density at radius 3 is 3.06 bits per heavy atom. The lowest BCUT2D eigenvalue weighted by Gasteiger charge is -2.06. The standard InChI is InChI=1S/C11H13N3O4/c1-7(6-15)5-12-11-13-10-8(14(16)17)3-2-4-9(10)18-11/h2-4,7,15H,5-6H2,1H3,(H,12,13). The highest BCUT2D eigenvalue weighted by molar-refractivity contribution is 5.83. The van der Waals surface area contributed by atoms with E-state index < -0.39 is 4.92 Å². The van der Waals surface area contributed by atoms with E-state index in [2.05, 4.69) is 10.3 Å². The first-order chi connectivity index (χ1) is 8.61. The molecule has 2 N–H and O–H groups in total. The Labute approximate surface area is 103 Å². The number of aliphatic hydroxyl groups excluding tert-OH is 1. The van der Waals surface area contributed by atoms with Crippen LogP contribution in [-0.4, -0.2) is 28.2 Å². The van der Waals surface area contributed by atoms with E-state index in [9.17, 15) is 10.1 Å². The van der Waals surface area contributed by atoms with Gasteiger partial charge in [0.15, 0.2) is 11.1 Å². The van der Waals surface area contributed by atoms with Gasteiger partial charge in [0.1, 0.15) is 0 Å². The molecule has 7 nitrogen and oxygen atoms in total. The van der Waals surface area contributed by atoms with Crippen molar-refractivity contribution in [3.63, 3.8) is 0 Å². The normalized spacial score (nSPS) is 12.6. The zero-order chi connectivity index (χ0) is 13.1. The van der Waals surface area contributed by atoms with Crippen molar-refractivity contribution in [3.05, 3.63) is 28.3 Å². The number of nitro benzene ring substituents is 1. The molecule has 1 aromatic carbocycles. The van der Waals surface area contributed by atoms with Crippen LogP contribution in [0.4, 0.5) is 11.7 Å². The molecule has 1 aromatic heterocycles. The molecule has 0 amide bonds. The molecule has 1 heterocycles.